The van der Waals surface area contributed by atoms with Crippen molar-refractivity contribution < 1.29 is 4.79 Å². The summed E-state index contributed by atoms with van der Waals surface area (Å²) in [6.45, 7) is 2.07. The summed E-state index contributed by atoms with van der Waals surface area (Å²) in [5, 5.41) is 1.29. The minimum absolute atomic E-state index is 0.145. The zero-order valence-corrected chi connectivity index (χ0v) is 11.1. The highest BCUT2D eigenvalue weighted by Crippen LogP contribution is 2.27. The zero-order valence-electron chi connectivity index (χ0n) is 11.1. The average Bonchev–Trinajstić information content (AvgIpc) is 3.13. The van der Waals surface area contributed by atoms with Gasteiger partial charge in [0.1, 0.15) is 6.04 Å². The first-order chi connectivity index (χ1) is 9.83. The summed E-state index contributed by atoms with van der Waals surface area (Å²) in [7, 11) is 0. The van der Waals surface area contributed by atoms with Crippen LogP contribution in [0.4, 0.5) is 0 Å². The Morgan fingerprint density at radius 1 is 1.30 bits per heavy atom. The minimum atomic E-state index is -0.180. The second-order valence-corrected chi connectivity index (χ2v) is 5.34. The summed E-state index contributed by atoms with van der Waals surface area (Å²) >= 11 is 0. The highest BCUT2D eigenvalue weighted by molar-refractivity contribution is 5.86. The summed E-state index contributed by atoms with van der Waals surface area (Å²) in [4.78, 5) is 17.8. The molecule has 1 aromatic heterocycles. The highest BCUT2D eigenvalue weighted by atomic mass is 16.2. The van der Waals surface area contributed by atoms with E-state index in [1.165, 1.54) is 16.6 Å². The van der Waals surface area contributed by atoms with Gasteiger partial charge in [0.2, 0.25) is 5.91 Å². The van der Waals surface area contributed by atoms with Crippen LogP contribution in [0.5, 0.6) is 0 Å². The van der Waals surface area contributed by atoms with Gasteiger partial charge in [-0.05, 0) is 18.1 Å². The molecular formula is C14H17N5O. The van der Waals surface area contributed by atoms with Crippen molar-refractivity contribution in [1.82, 2.24) is 26.3 Å². The first-order valence-electron chi connectivity index (χ1n) is 6.93. The molecule has 0 spiro atoms. The quantitative estimate of drug-likeness (QED) is 0.591. The summed E-state index contributed by atoms with van der Waals surface area (Å²) in [5.41, 5.74) is 12.3. The van der Waals surface area contributed by atoms with E-state index in [1.54, 1.807) is 0 Å². The van der Waals surface area contributed by atoms with Gasteiger partial charge in [0, 0.05) is 29.7 Å². The lowest BCUT2D eigenvalue weighted by molar-refractivity contribution is -0.133. The maximum Gasteiger partial charge on any atom is 0.242 e. The van der Waals surface area contributed by atoms with Crippen LogP contribution in [0, 0.1) is 0 Å². The van der Waals surface area contributed by atoms with Crippen LogP contribution >= 0.6 is 0 Å². The fourth-order valence-electron chi connectivity index (χ4n) is 3.09. The number of hydrogen-bond donors (Lipinski definition) is 4. The zero-order chi connectivity index (χ0) is 13.5. The lowest BCUT2D eigenvalue weighted by Gasteiger charge is -2.29. The smallest absolute Gasteiger partial charge is 0.242 e. The molecule has 20 heavy (non-hydrogen) atoms. The fraction of sp³-hybridized carbons (Fsp3) is 0.357. The molecule has 1 fully saturated rings. The Labute approximate surface area is 116 Å². The number of aromatic nitrogens is 1. The van der Waals surface area contributed by atoms with Crippen LogP contribution in [0.2, 0.25) is 0 Å². The number of hydrogen-bond acceptors (Lipinski definition) is 4. The third-order valence-electron chi connectivity index (χ3n) is 4.13. The van der Waals surface area contributed by atoms with Gasteiger partial charge in [0.25, 0.3) is 0 Å². The number of aromatic amines is 1. The van der Waals surface area contributed by atoms with Gasteiger partial charge in [-0.1, -0.05) is 18.2 Å². The Morgan fingerprint density at radius 2 is 2.20 bits per heavy atom. The summed E-state index contributed by atoms with van der Waals surface area (Å²) < 4.78 is 0. The molecule has 0 saturated carbocycles. The molecule has 6 heteroatoms. The number of nitrogens with zero attached hydrogens (tertiary/aromatic N) is 1. The molecule has 0 bridgehead atoms. The lowest BCUT2D eigenvalue weighted by Crippen LogP contribution is -2.48. The Hall–Kier alpha value is -1.89. The number of hydrazine groups is 2. The summed E-state index contributed by atoms with van der Waals surface area (Å²) in [6.07, 6.45) is 0.915. The third kappa shape index (κ3) is 1.81. The van der Waals surface area contributed by atoms with E-state index in [4.69, 9.17) is 0 Å². The van der Waals surface area contributed by atoms with Crippen molar-refractivity contribution in [3.05, 3.63) is 35.5 Å². The van der Waals surface area contributed by atoms with Crippen molar-refractivity contribution in [3.8, 4) is 0 Å². The topological polar surface area (TPSA) is 72.2 Å². The first-order valence-corrected chi connectivity index (χ1v) is 6.93. The second-order valence-electron chi connectivity index (χ2n) is 5.34. The minimum Gasteiger partial charge on any atom is -0.357 e. The maximum atomic E-state index is 12.4. The SMILES string of the molecule is O=C(C1CNNN1)N1CCc2c([nH]c3ccccc23)C1. The predicted molar refractivity (Wildman–Crippen MR) is 75.5 cm³/mol. The van der Waals surface area contributed by atoms with Crippen molar-refractivity contribution in [2.75, 3.05) is 13.1 Å². The predicted octanol–water partition coefficient (Wildman–Crippen LogP) is 0.0336. The molecular weight excluding hydrogens is 254 g/mol. The van der Waals surface area contributed by atoms with Crippen LogP contribution in [0.1, 0.15) is 11.3 Å². The molecule has 1 amide bonds. The monoisotopic (exact) mass is 271 g/mol. The van der Waals surface area contributed by atoms with Crippen molar-refractivity contribution in [2.24, 2.45) is 0 Å². The molecule has 3 heterocycles. The number of amides is 1. The Bertz CT molecular complexity index is 659. The number of carbonyl (C=O) groups excluding carboxylic acids is 1. The molecule has 2 aromatic rings. The Balaban J connectivity index is 1.61. The van der Waals surface area contributed by atoms with E-state index in [-0.39, 0.29) is 11.9 Å². The standard InChI is InChI=1S/C14H17N5O/c20-14(12-7-15-18-17-12)19-6-5-10-9-3-1-2-4-11(9)16-13(10)8-19/h1-4,12,15-18H,5-8H2. The number of carbonyl (C=O) groups is 1. The molecule has 0 radical (unpaired) electrons. The Morgan fingerprint density at radius 3 is 3.05 bits per heavy atom. The van der Waals surface area contributed by atoms with Gasteiger partial charge in [0.15, 0.2) is 0 Å². The molecule has 1 unspecified atom stereocenters. The highest BCUT2D eigenvalue weighted by Gasteiger charge is 2.30. The molecule has 6 nitrogen and oxygen atoms in total. The summed E-state index contributed by atoms with van der Waals surface area (Å²) in [5.74, 6) is 0.145. The van der Waals surface area contributed by atoms with Crippen molar-refractivity contribution in [1.29, 1.82) is 0 Å². The molecule has 1 atom stereocenters. The maximum absolute atomic E-state index is 12.4. The van der Waals surface area contributed by atoms with E-state index in [2.05, 4.69) is 39.6 Å². The first kappa shape index (κ1) is 11.9. The lowest BCUT2D eigenvalue weighted by atomic mass is 10.0. The molecule has 1 aromatic carbocycles. The molecule has 1 saturated heterocycles. The Kier molecular flexibility index (Phi) is 2.73. The molecule has 4 rings (SSSR count). The van der Waals surface area contributed by atoms with Crippen LogP contribution < -0.4 is 16.4 Å². The normalized spacial score (nSPS) is 22.2. The van der Waals surface area contributed by atoms with Gasteiger partial charge in [-0.2, -0.15) is 5.53 Å². The van der Waals surface area contributed by atoms with E-state index in [9.17, 15) is 4.79 Å². The molecule has 2 aliphatic heterocycles. The molecule has 2 aliphatic rings. The number of benzene rings is 1. The van der Waals surface area contributed by atoms with Gasteiger partial charge in [-0.3, -0.25) is 4.79 Å². The van der Waals surface area contributed by atoms with E-state index in [0.717, 1.165) is 18.5 Å². The number of rotatable bonds is 1. The fourth-order valence-corrected chi connectivity index (χ4v) is 3.09. The third-order valence-corrected chi connectivity index (χ3v) is 4.13. The number of H-pyrrole nitrogens is 1. The average molecular weight is 271 g/mol. The van der Waals surface area contributed by atoms with E-state index >= 15 is 0 Å². The van der Waals surface area contributed by atoms with Crippen molar-refractivity contribution >= 4 is 16.8 Å². The number of nitrogens with one attached hydrogen (secondary N) is 4. The van der Waals surface area contributed by atoms with Gasteiger partial charge in [-0.25, -0.2) is 10.9 Å². The van der Waals surface area contributed by atoms with E-state index in [0.29, 0.717) is 13.1 Å². The van der Waals surface area contributed by atoms with Crippen LogP contribution in [0.25, 0.3) is 10.9 Å². The summed E-state index contributed by atoms with van der Waals surface area (Å²) in [6, 6.07) is 8.16. The van der Waals surface area contributed by atoms with Gasteiger partial charge < -0.3 is 9.88 Å². The van der Waals surface area contributed by atoms with Crippen LogP contribution in [0.15, 0.2) is 24.3 Å². The number of para-hydroxylation sites is 1. The second kappa shape index (κ2) is 4.59. The van der Waals surface area contributed by atoms with Gasteiger partial charge in [-0.15, -0.1) is 0 Å². The largest absolute Gasteiger partial charge is 0.357 e. The van der Waals surface area contributed by atoms with Crippen molar-refractivity contribution in [3.63, 3.8) is 0 Å². The van der Waals surface area contributed by atoms with Crippen molar-refractivity contribution in [2.45, 2.75) is 19.0 Å². The van der Waals surface area contributed by atoms with E-state index < -0.39 is 0 Å². The molecule has 0 aliphatic carbocycles. The molecule has 4 N–H and O–H groups in total. The van der Waals surface area contributed by atoms with Gasteiger partial charge >= 0.3 is 0 Å². The van der Waals surface area contributed by atoms with Crippen LogP contribution in [0.3, 0.4) is 0 Å². The van der Waals surface area contributed by atoms with E-state index in [1.807, 2.05) is 11.0 Å². The number of fused-ring (bicyclic) bond motifs is 3. The molecule has 104 valence electrons. The van der Waals surface area contributed by atoms with Crippen LogP contribution in [-0.4, -0.2) is 34.9 Å². The van der Waals surface area contributed by atoms with Crippen LogP contribution in [-0.2, 0) is 17.8 Å². The van der Waals surface area contributed by atoms with Gasteiger partial charge in [0.05, 0.1) is 6.54 Å².